The Morgan fingerprint density at radius 1 is 1.38 bits per heavy atom. The first-order valence-electron chi connectivity index (χ1n) is 8.00. The zero-order chi connectivity index (χ0) is 16.9. The number of carbonyl (C=O) groups is 1. The molecule has 1 amide bonds. The van der Waals surface area contributed by atoms with Gasteiger partial charge >= 0.3 is 4.83 Å². The first kappa shape index (κ1) is 16.0. The van der Waals surface area contributed by atoms with Crippen LogP contribution >= 0.6 is 15.9 Å². The van der Waals surface area contributed by atoms with Gasteiger partial charge in [0.2, 0.25) is 0 Å². The van der Waals surface area contributed by atoms with E-state index < -0.39 is 4.83 Å². The number of H-pyrrole nitrogens is 1. The van der Waals surface area contributed by atoms with Crippen LogP contribution in [-0.2, 0) is 4.83 Å². The number of carbonyl (C=O) groups excluding carboxylic acids is 1. The van der Waals surface area contributed by atoms with Crippen molar-refractivity contribution in [3.63, 3.8) is 0 Å². The van der Waals surface area contributed by atoms with Gasteiger partial charge in [-0.15, -0.1) is 0 Å². The molecule has 5 nitrogen and oxygen atoms in total. The number of nitrogens with one attached hydrogen (secondary N) is 2. The van der Waals surface area contributed by atoms with Crippen molar-refractivity contribution in [3.8, 4) is 0 Å². The molecule has 3 saturated heterocycles. The lowest BCUT2D eigenvalue weighted by Crippen LogP contribution is -2.57. The van der Waals surface area contributed by atoms with Crippen LogP contribution < -0.4 is 5.32 Å². The molecule has 8 heteroatoms. The first-order chi connectivity index (χ1) is 11.4. The lowest BCUT2D eigenvalue weighted by Gasteiger charge is -2.44. The summed E-state index contributed by atoms with van der Waals surface area (Å²) in [6.07, 6.45) is 2.21. The van der Waals surface area contributed by atoms with E-state index in [2.05, 4.69) is 36.3 Å². The fraction of sp³-hybridized carbons (Fsp3) is 0.500. The Morgan fingerprint density at radius 2 is 2.12 bits per heavy atom. The van der Waals surface area contributed by atoms with E-state index in [1.165, 1.54) is 18.2 Å². The molecule has 0 unspecified atom stereocenters. The standard InChI is InChI=1S/C16H17BrF2N4O/c17-16(18,19)10-1-2-11-12(7-10)21-22-14(11)15(24)20-13-8-23-5-3-9(13)4-6-23/h1-2,7,9,13H,3-6,8H2,(H,20,24)(H,21,22)/t13-/m1/s1. The van der Waals surface area contributed by atoms with Crippen LogP contribution in [0.4, 0.5) is 8.78 Å². The molecular formula is C16H17BrF2N4O. The maximum absolute atomic E-state index is 13.3. The Balaban J connectivity index is 1.56. The summed E-state index contributed by atoms with van der Waals surface area (Å²) < 4.78 is 26.7. The number of benzene rings is 1. The number of rotatable bonds is 3. The van der Waals surface area contributed by atoms with Gasteiger partial charge in [-0.05, 0) is 59.9 Å². The molecule has 2 N–H and O–H groups in total. The van der Waals surface area contributed by atoms with Crippen molar-refractivity contribution in [2.45, 2.75) is 23.7 Å². The van der Waals surface area contributed by atoms with Crippen LogP contribution in [-0.4, -0.2) is 46.7 Å². The van der Waals surface area contributed by atoms with Gasteiger partial charge in [-0.2, -0.15) is 13.9 Å². The van der Waals surface area contributed by atoms with Crippen molar-refractivity contribution in [1.82, 2.24) is 20.4 Å². The highest BCUT2D eigenvalue weighted by Crippen LogP contribution is 2.36. The second-order valence-corrected chi connectivity index (χ2v) is 7.54. The third-order valence-electron chi connectivity index (χ3n) is 5.08. The fourth-order valence-corrected chi connectivity index (χ4v) is 3.98. The molecule has 1 aromatic heterocycles. The Labute approximate surface area is 145 Å². The summed E-state index contributed by atoms with van der Waals surface area (Å²) in [5.74, 6) is 0.265. The predicted molar refractivity (Wildman–Crippen MR) is 89.3 cm³/mol. The highest BCUT2D eigenvalue weighted by molar-refractivity contribution is 9.09. The number of aromatic amines is 1. The van der Waals surface area contributed by atoms with Gasteiger partial charge < -0.3 is 10.2 Å². The normalized spacial score (nSPS) is 26.7. The van der Waals surface area contributed by atoms with Crippen molar-refractivity contribution in [1.29, 1.82) is 0 Å². The van der Waals surface area contributed by atoms with Crippen LogP contribution in [0.15, 0.2) is 18.2 Å². The average Bonchev–Trinajstić information content (AvgIpc) is 2.98. The maximum Gasteiger partial charge on any atom is 0.326 e. The molecule has 3 fully saturated rings. The minimum atomic E-state index is -3.11. The summed E-state index contributed by atoms with van der Waals surface area (Å²) >= 11 is 2.34. The smallest absolute Gasteiger partial charge is 0.326 e. The van der Waals surface area contributed by atoms with E-state index in [-0.39, 0.29) is 23.2 Å². The molecule has 1 atom stereocenters. The summed E-state index contributed by atoms with van der Waals surface area (Å²) in [7, 11) is 0. The second kappa shape index (κ2) is 5.77. The van der Waals surface area contributed by atoms with Gasteiger partial charge in [0.15, 0.2) is 5.69 Å². The van der Waals surface area contributed by atoms with Crippen molar-refractivity contribution in [3.05, 3.63) is 29.5 Å². The summed E-state index contributed by atoms with van der Waals surface area (Å²) in [6, 6.07) is 4.26. The Morgan fingerprint density at radius 3 is 2.75 bits per heavy atom. The predicted octanol–water partition coefficient (Wildman–Crippen LogP) is 2.83. The molecule has 0 saturated carbocycles. The highest BCUT2D eigenvalue weighted by Gasteiger charge is 2.35. The molecule has 4 heterocycles. The van der Waals surface area contributed by atoms with Crippen LogP contribution in [0.2, 0.25) is 0 Å². The molecule has 3 aliphatic rings. The fourth-order valence-electron chi connectivity index (χ4n) is 3.73. The van der Waals surface area contributed by atoms with E-state index in [0.29, 0.717) is 16.8 Å². The summed E-state index contributed by atoms with van der Waals surface area (Å²) in [6.45, 7) is 3.08. The lowest BCUT2D eigenvalue weighted by atomic mass is 9.84. The van der Waals surface area contributed by atoms with Gasteiger partial charge in [0, 0.05) is 23.5 Å². The van der Waals surface area contributed by atoms with E-state index in [9.17, 15) is 13.6 Å². The second-order valence-electron chi connectivity index (χ2n) is 6.55. The quantitative estimate of drug-likeness (QED) is 0.781. The number of hydrogen-bond acceptors (Lipinski definition) is 3. The Bertz CT molecular complexity index is 780. The van der Waals surface area contributed by atoms with Gasteiger partial charge in [0.05, 0.1) is 5.52 Å². The van der Waals surface area contributed by atoms with Gasteiger partial charge in [-0.1, -0.05) is 6.07 Å². The highest BCUT2D eigenvalue weighted by atomic mass is 79.9. The van der Waals surface area contributed by atoms with Crippen LogP contribution in [0.5, 0.6) is 0 Å². The van der Waals surface area contributed by atoms with Gasteiger partial charge in [-0.3, -0.25) is 9.89 Å². The average molecular weight is 399 g/mol. The topological polar surface area (TPSA) is 61.0 Å². The minimum absolute atomic E-state index is 0.137. The van der Waals surface area contributed by atoms with Gasteiger partial charge in [0.1, 0.15) is 0 Å². The van der Waals surface area contributed by atoms with E-state index in [1.54, 1.807) is 0 Å². The van der Waals surface area contributed by atoms with Crippen molar-refractivity contribution in [2.75, 3.05) is 19.6 Å². The van der Waals surface area contributed by atoms with E-state index in [0.717, 1.165) is 32.5 Å². The molecular weight excluding hydrogens is 382 g/mol. The van der Waals surface area contributed by atoms with Crippen LogP contribution in [0.1, 0.15) is 28.9 Å². The van der Waals surface area contributed by atoms with Crippen molar-refractivity contribution in [2.24, 2.45) is 5.92 Å². The molecule has 0 aliphatic carbocycles. The van der Waals surface area contributed by atoms with Crippen LogP contribution in [0.3, 0.4) is 0 Å². The number of nitrogens with zero attached hydrogens (tertiary/aromatic N) is 2. The molecule has 0 spiro atoms. The number of aromatic nitrogens is 2. The van der Waals surface area contributed by atoms with Crippen LogP contribution in [0.25, 0.3) is 10.9 Å². The molecule has 1 aromatic carbocycles. The van der Waals surface area contributed by atoms with Gasteiger partial charge in [0.25, 0.3) is 5.91 Å². The third kappa shape index (κ3) is 2.82. The van der Waals surface area contributed by atoms with E-state index >= 15 is 0 Å². The largest absolute Gasteiger partial charge is 0.346 e. The molecule has 24 heavy (non-hydrogen) atoms. The number of amides is 1. The van der Waals surface area contributed by atoms with Crippen LogP contribution in [0, 0.1) is 5.92 Å². The summed E-state index contributed by atoms with van der Waals surface area (Å²) in [4.78, 5) is 11.8. The van der Waals surface area contributed by atoms with E-state index in [1.807, 2.05) is 0 Å². The first-order valence-corrected chi connectivity index (χ1v) is 8.79. The number of alkyl halides is 3. The summed E-state index contributed by atoms with van der Waals surface area (Å²) in [5, 5.41) is 10.3. The SMILES string of the molecule is O=C(N[C@@H]1CN2CCC1CC2)c1n[nH]c2cc(C(F)(F)Br)ccc12. The lowest BCUT2D eigenvalue weighted by molar-refractivity contribution is 0.0618. The Hall–Kier alpha value is -1.54. The molecule has 2 bridgehead atoms. The third-order valence-corrected chi connectivity index (χ3v) is 5.54. The Kier molecular flexibility index (Phi) is 3.84. The van der Waals surface area contributed by atoms with Crippen molar-refractivity contribution >= 4 is 32.7 Å². The zero-order valence-corrected chi connectivity index (χ0v) is 14.4. The molecule has 128 valence electrons. The molecule has 3 aliphatic heterocycles. The number of piperidine rings is 3. The number of fused-ring (bicyclic) bond motifs is 4. The monoisotopic (exact) mass is 398 g/mol. The number of hydrogen-bond donors (Lipinski definition) is 2. The van der Waals surface area contributed by atoms with Crippen molar-refractivity contribution < 1.29 is 13.6 Å². The minimum Gasteiger partial charge on any atom is -0.346 e. The molecule has 2 aromatic rings. The molecule has 0 radical (unpaired) electrons. The molecule has 5 rings (SSSR count). The van der Waals surface area contributed by atoms with Gasteiger partial charge in [-0.25, -0.2) is 0 Å². The number of halogens is 3. The summed E-state index contributed by atoms with van der Waals surface area (Å²) in [5.41, 5.74) is 0.500. The maximum atomic E-state index is 13.3. The van der Waals surface area contributed by atoms with E-state index in [4.69, 9.17) is 0 Å². The zero-order valence-electron chi connectivity index (χ0n) is 12.9.